The summed E-state index contributed by atoms with van der Waals surface area (Å²) in [5.74, 6) is 0.780. The van der Waals surface area contributed by atoms with Crippen molar-refractivity contribution in [3.63, 3.8) is 0 Å². The normalized spacial score (nSPS) is 11.3. The molecule has 0 bridgehead atoms. The predicted octanol–water partition coefficient (Wildman–Crippen LogP) is 4.65. The Hall–Kier alpha value is -3.25. The van der Waals surface area contributed by atoms with Gasteiger partial charge in [0, 0.05) is 59.0 Å². The first-order chi connectivity index (χ1) is 15.1. The lowest BCUT2D eigenvalue weighted by atomic mass is 10.1. The van der Waals surface area contributed by atoms with Gasteiger partial charge in [0.15, 0.2) is 0 Å². The molecule has 2 heterocycles. The third kappa shape index (κ3) is 4.44. The number of carbonyl (C=O) groups is 1. The Bertz CT molecular complexity index is 1210. The van der Waals surface area contributed by atoms with Crippen LogP contribution >= 0.6 is 0 Å². The number of para-hydroxylation sites is 1. The van der Waals surface area contributed by atoms with Crippen molar-refractivity contribution < 1.29 is 14.3 Å². The largest absolute Gasteiger partial charge is 0.497 e. The lowest BCUT2D eigenvalue weighted by Crippen LogP contribution is -2.28. The maximum absolute atomic E-state index is 12.5. The van der Waals surface area contributed by atoms with Crippen molar-refractivity contribution in [3.05, 3.63) is 54.2 Å². The number of ether oxygens (including phenoxy) is 2. The standard InChI is InChI=1S/C25H29N3O3/c1-4-31-12-6-11-26-24(29)16-28-15-21(20-14-19(30-3)9-10-23(20)28)22-13-18-8-5-7-17(2)25(18)27-22/h5,7-10,13-15,27H,4,6,11-12,16H2,1-3H3,(H,26,29). The second kappa shape index (κ2) is 9.27. The Balaban J connectivity index is 1.65. The topological polar surface area (TPSA) is 68.3 Å². The monoisotopic (exact) mass is 419 g/mol. The highest BCUT2D eigenvalue weighted by molar-refractivity contribution is 6.00. The second-order valence-corrected chi connectivity index (χ2v) is 7.68. The number of hydrogen-bond donors (Lipinski definition) is 2. The molecule has 0 spiro atoms. The molecule has 0 fully saturated rings. The number of benzene rings is 2. The van der Waals surface area contributed by atoms with Crippen LogP contribution in [0.15, 0.2) is 48.7 Å². The first-order valence-electron chi connectivity index (χ1n) is 10.7. The molecule has 4 aromatic rings. The molecule has 162 valence electrons. The van der Waals surface area contributed by atoms with Crippen molar-refractivity contribution in [3.8, 4) is 17.0 Å². The van der Waals surface area contributed by atoms with E-state index < -0.39 is 0 Å². The van der Waals surface area contributed by atoms with Gasteiger partial charge in [0.25, 0.3) is 0 Å². The summed E-state index contributed by atoms with van der Waals surface area (Å²) in [6.45, 7) is 6.30. The van der Waals surface area contributed by atoms with E-state index in [4.69, 9.17) is 9.47 Å². The van der Waals surface area contributed by atoms with E-state index >= 15 is 0 Å². The van der Waals surface area contributed by atoms with Crippen molar-refractivity contribution in [2.45, 2.75) is 26.8 Å². The predicted molar refractivity (Wildman–Crippen MR) is 125 cm³/mol. The van der Waals surface area contributed by atoms with Crippen molar-refractivity contribution >= 4 is 27.7 Å². The Kier molecular flexibility index (Phi) is 6.28. The van der Waals surface area contributed by atoms with Gasteiger partial charge in [-0.25, -0.2) is 0 Å². The second-order valence-electron chi connectivity index (χ2n) is 7.68. The number of fused-ring (bicyclic) bond motifs is 2. The van der Waals surface area contributed by atoms with Gasteiger partial charge < -0.3 is 24.3 Å². The van der Waals surface area contributed by atoms with E-state index in [2.05, 4.69) is 41.5 Å². The zero-order chi connectivity index (χ0) is 21.8. The van der Waals surface area contributed by atoms with Gasteiger partial charge in [-0.3, -0.25) is 4.79 Å². The maximum Gasteiger partial charge on any atom is 0.239 e. The molecular formula is C25H29N3O3. The molecule has 0 aliphatic carbocycles. The molecule has 6 nitrogen and oxygen atoms in total. The number of aromatic amines is 1. The number of hydrogen-bond acceptors (Lipinski definition) is 3. The van der Waals surface area contributed by atoms with Gasteiger partial charge in [0.2, 0.25) is 5.91 Å². The average Bonchev–Trinajstić information content (AvgIpc) is 3.36. The third-order valence-electron chi connectivity index (χ3n) is 5.55. The molecule has 0 atom stereocenters. The zero-order valence-corrected chi connectivity index (χ0v) is 18.3. The number of nitrogens with one attached hydrogen (secondary N) is 2. The third-order valence-corrected chi connectivity index (χ3v) is 5.55. The fourth-order valence-corrected chi connectivity index (χ4v) is 3.96. The Labute approximate surface area is 182 Å². The van der Waals surface area contributed by atoms with Gasteiger partial charge in [-0.1, -0.05) is 18.2 Å². The van der Waals surface area contributed by atoms with Gasteiger partial charge in [-0.2, -0.15) is 0 Å². The van der Waals surface area contributed by atoms with Crippen molar-refractivity contribution in [1.82, 2.24) is 14.9 Å². The highest BCUT2D eigenvalue weighted by Crippen LogP contribution is 2.34. The van der Waals surface area contributed by atoms with E-state index in [9.17, 15) is 4.79 Å². The summed E-state index contributed by atoms with van der Waals surface area (Å²) in [5.41, 5.74) is 5.41. The Morgan fingerprint density at radius 2 is 2.06 bits per heavy atom. The Morgan fingerprint density at radius 1 is 1.19 bits per heavy atom. The molecule has 0 unspecified atom stereocenters. The minimum absolute atomic E-state index is 0.0109. The fraction of sp³-hybridized carbons (Fsp3) is 0.320. The lowest BCUT2D eigenvalue weighted by molar-refractivity contribution is -0.121. The number of aromatic nitrogens is 2. The number of aryl methyl sites for hydroxylation is 1. The van der Waals surface area contributed by atoms with E-state index in [0.717, 1.165) is 39.8 Å². The summed E-state index contributed by atoms with van der Waals surface area (Å²) in [7, 11) is 1.67. The van der Waals surface area contributed by atoms with Crippen LogP contribution in [0.3, 0.4) is 0 Å². The first-order valence-corrected chi connectivity index (χ1v) is 10.7. The van der Waals surface area contributed by atoms with Crippen LogP contribution in [0, 0.1) is 6.92 Å². The number of rotatable bonds is 9. The van der Waals surface area contributed by atoms with E-state index in [1.165, 1.54) is 10.9 Å². The van der Waals surface area contributed by atoms with Gasteiger partial charge >= 0.3 is 0 Å². The van der Waals surface area contributed by atoms with Gasteiger partial charge in [0.1, 0.15) is 12.3 Å². The summed E-state index contributed by atoms with van der Waals surface area (Å²) in [6, 6.07) is 14.4. The summed E-state index contributed by atoms with van der Waals surface area (Å²) in [6.07, 6.45) is 2.85. The zero-order valence-electron chi connectivity index (χ0n) is 18.3. The molecule has 31 heavy (non-hydrogen) atoms. The highest BCUT2D eigenvalue weighted by Gasteiger charge is 2.15. The van der Waals surface area contributed by atoms with Crippen LogP contribution in [0.1, 0.15) is 18.9 Å². The van der Waals surface area contributed by atoms with Crippen LogP contribution in [0.4, 0.5) is 0 Å². The SMILES string of the molecule is CCOCCCNC(=O)Cn1cc(-c2cc3cccc(C)c3[nH]2)c2cc(OC)ccc21. The van der Waals surface area contributed by atoms with E-state index in [1.807, 2.05) is 35.9 Å². The molecule has 0 aliphatic rings. The first kappa shape index (κ1) is 21.0. The van der Waals surface area contributed by atoms with Crippen LogP contribution in [0.25, 0.3) is 33.1 Å². The van der Waals surface area contributed by atoms with Crippen molar-refractivity contribution in [2.75, 3.05) is 26.9 Å². The molecule has 6 heteroatoms. The van der Waals surface area contributed by atoms with Crippen LogP contribution in [0.5, 0.6) is 5.75 Å². The van der Waals surface area contributed by atoms with E-state index in [0.29, 0.717) is 19.8 Å². The smallest absolute Gasteiger partial charge is 0.239 e. The minimum atomic E-state index is -0.0109. The van der Waals surface area contributed by atoms with Crippen LogP contribution in [-0.4, -0.2) is 42.3 Å². The number of carbonyl (C=O) groups excluding carboxylic acids is 1. The molecule has 2 aromatic heterocycles. The Morgan fingerprint density at radius 3 is 2.84 bits per heavy atom. The average molecular weight is 420 g/mol. The summed E-state index contributed by atoms with van der Waals surface area (Å²) >= 11 is 0. The molecule has 1 amide bonds. The maximum atomic E-state index is 12.5. The number of H-pyrrole nitrogens is 1. The van der Waals surface area contributed by atoms with Crippen LogP contribution in [0.2, 0.25) is 0 Å². The summed E-state index contributed by atoms with van der Waals surface area (Å²) < 4.78 is 12.8. The van der Waals surface area contributed by atoms with Crippen molar-refractivity contribution in [1.29, 1.82) is 0 Å². The van der Waals surface area contributed by atoms with E-state index in [1.54, 1.807) is 7.11 Å². The number of amides is 1. The van der Waals surface area contributed by atoms with Gasteiger partial charge in [-0.05, 0) is 50.1 Å². The molecular weight excluding hydrogens is 390 g/mol. The molecule has 0 aliphatic heterocycles. The van der Waals surface area contributed by atoms with E-state index in [-0.39, 0.29) is 12.5 Å². The summed E-state index contributed by atoms with van der Waals surface area (Å²) in [4.78, 5) is 16.1. The van der Waals surface area contributed by atoms with Crippen LogP contribution in [-0.2, 0) is 16.1 Å². The molecule has 2 aromatic carbocycles. The van der Waals surface area contributed by atoms with Gasteiger partial charge in [-0.15, -0.1) is 0 Å². The fourth-order valence-electron chi connectivity index (χ4n) is 3.96. The lowest BCUT2D eigenvalue weighted by Gasteiger charge is -2.08. The molecule has 4 rings (SSSR count). The minimum Gasteiger partial charge on any atom is -0.497 e. The van der Waals surface area contributed by atoms with Gasteiger partial charge in [0.05, 0.1) is 7.11 Å². The molecule has 0 saturated heterocycles. The molecule has 2 N–H and O–H groups in total. The summed E-state index contributed by atoms with van der Waals surface area (Å²) in [5, 5.41) is 5.20. The quantitative estimate of drug-likeness (QED) is 0.388. The molecule has 0 saturated carbocycles. The number of nitrogens with zero attached hydrogens (tertiary/aromatic N) is 1. The van der Waals surface area contributed by atoms with Crippen molar-refractivity contribution in [2.24, 2.45) is 0 Å². The highest BCUT2D eigenvalue weighted by atomic mass is 16.5. The van der Waals surface area contributed by atoms with Crippen LogP contribution < -0.4 is 10.1 Å². The number of methoxy groups -OCH3 is 1. The molecule has 0 radical (unpaired) electrons.